The van der Waals surface area contributed by atoms with Crippen LogP contribution in [0.3, 0.4) is 0 Å². The van der Waals surface area contributed by atoms with Crippen LogP contribution in [0.4, 0.5) is 5.69 Å². The van der Waals surface area contributed by atoms with Crippen molar-refractivity contribution in [3.05, 3.63) is 17.7 Å². The first-order valence-electron chi connectivity index (χ1n) is 8.46. The number of benzene rings is 1. The van der Waals surface area contributed by atoms with Crippen molar-refractivity contribution in [1.82, 2.24) is 5.32 Å². The van der Waals surface area contributed by atoms with E-state index in [-0.39, 0.29) is 23.1 Å². The Morgan fingerprint density at radius 1 is 1.31 bits per heavy atom. The number of methoxy groups -OCH3 is 2. The Balaban J connectivity index is 2.38. The minimum absolute atomic E-state index is 0.0142. The standard InChI is InChI=1S/C17H26N2O6S/c1-5-26(21,22)19(2)14-10-16(24-4)15(23-3)9-13(14)17(20)18-11-12-7-6-8-25-12/h9-10,12H,5-8,11H2,1-4H3,(H,18,20). The van der Waals surface area contributed by atoms with Crippen molar-refractivity contribution in [3.63, 3.8) is 0 Å². The van der Waals surface area contributed by atoms with Gasteiger partial charge in [-0.25, -0.2) is 8.42 Å². The molecule has 1 aliphatic heterocycles. The highest BCUT2D eigenvalue weighted by Gasteiger charge is 2.25. The van der Waals surface area contributed by atoms with Gasteiger partial charge < -0.3 is 19.5 Å². The molecule has 0 radical (unpaired) electrons. The second kappa shape index (κ2) is 8.59. The van der Waals surface area contributed by atoms with Gasteiger partial charge in [-0.3, -0.25) is 9.10 Å². The Hall–Kier alpha value is -2.00. The first-order chi connectivity index (χ1) is 12.3. The minimum Gasteiger partial charge on any atom is -0.493 e. The minimum atomic E-state index is -3.55. The van der Waals surface area contributed by atoms with E-state index < -0.39 is 15.9 Å². The van der Waals surface area contributed by atoms with E-state index in [1.807, 2.05) is 0 Å². The van der Waals surface area contributed by atoms with Crippen LogP contribution in [0.5, 0.6) is 11.5 Å². The van der Waals surface area contributed by atoms with E-state index in [1.165, 1.54) is 33.4 Å². The van der Waals surface area contributed by atoms with Gasteiger partial charge in [0.05, 0.1) is 37.3 Å². The molecule has 2 rings (SSSR count). The first-order valence-corrected chi connectivity index (χ1v) is 10.1. The van der Waals surface area contributed by atoms with E-state index in [1.54, 1.807) is 6.92 Å². The molecule has 1 aromatic carbocycles. The zero-order valence-corrected chi connectivity index (χ0v) is 16.4. The van der Waals surface area contributed by atoms with Crippen molar-refractivity contribution in [2.75, 3.05) is 44.5 Å². The van der Waals surface area contributed by atoms with Crippen LogP contribution >= 0.6 is 0 Å². The molecule has 0 aromatic heterocycles. The summed E-state index contributed by atoms with van der Waals surface area (Å²) < 4.78 is 41.7. The summed E-state index contributed by atoms with van der Waals surface area (Å²) in [5, 5.41) is 2.81. The molecule has 1 unspecified atom stereocenters. The summed E-state index contributed by atoms with van der Waals surface area (Å²) in [6, 6.07) is 2.98. The summed E-state index contributed by atoms with van der Waals surface area (Å²) in [5.41, 5.74) is 0.425. The number of sulfonamides is 1. The molecule has 1 heterocycles. The van der Waals surface area contributed by atoms with Gasteiger partial charge in [0.25, 0.3) is 5.91 Å². The monoisotopic (exact) mass is 386 g/mol. The van der Waals surface area contributed by atoms with Crippen LogP contribution in [0.25, 0.3) is 0 Å². The molecular weight excluding hydrogens is 360 g/mol. The Labute approximate surface area is 154 Å². The lowest BCUT2D eigenvalue weighted by Crippen LogP contribution is -2.34. The fourth-order valence-electron chi connectivity index (χ4n) is 2.76. The summed E-state index contributed by atoms with van der Waals surface area (Å²) in [5.74, 6) is 0.209. The lowest BCUT2D eigenvalue weighted by molar-refractivity contribution is 0.0858. The van der Waals surface area contributed by atoms with Gasteiger partial charge in [0.1, 0.15) is 0 Å². The Morgan fingerprint density at radius 3 is 2.50 bits per heavy atom. The van der Waals surface area contributed by atoms with E-state index in [4.69, 9.17) is 14.2 Å². The normalized spacial score (nSPS) is 17.0. The maximum absolute atomic E-state index is 12.7. The van der Waals surface area contributed by atoms with Crippen LogP contribution in [-0.4, -0.2) is 60.6 Å². The molecule has 26 heavy (non-hydrogen) atoms. The largest absolute Gasteiger partial charge is 0.493 e. The van der Waals surface area contributed by atoms with E-state index in [9.17, 15) is 13.2 Å². The van der Waals surface area contributed by atoms with Crippen molar-refractivity contribution < 1.29 is 27.4 Å². The molecule has 0 aliphatic carbocycles. The number of nitrogens with zero attached hydrogens (tertiary/aromatic N) is 1. The maximum Gasteiger partial charge on any atom is 0.253 e. The number of carbonyl (C=O) groups is 1. The van der Waals surface area contributed by atoms with Crippen molar-refractivity contribution in [1.29, 1.82) is 0 Å². The highest BCUT2D eigenvalue weighted by molar-refractivity contribution is 7.92. The van der Waals surface area contributed by atoms with Gasteiger partial charge in [0.2, 0.25) is 10.0 Å². The van der Waals surface area contributed by atoms with Gasteiger partial charge in [-0.15, -0.1) is 0 Å². The molecule has 1 amide bonds. The van der Waals surface area contributed by atoms with Crippen molar-refractivity contribution in [2.45, 2.75) is 25.9 Å². The molecule has 0 saturated carbocycles. The molecule has 146 valence electrons. The van der Waals surface area contributed by atoms with Gasteiger partial charge in [-0.2, -0.15) is 0 Å². The molecule has 1 N–H and O–H groups in total. The van der Waals surface area contributed by atoms with Crippen LogP contribution in [-0.2, 0) is 14.8 Å². The highest BCUT2D eigenvalue weighted by atomic mass is 32.2. The molecule has 0 spiro atoms. The number of hydrogen-bond acceptors (Lipinski definition) is 6. The Kier molecular flexibility index (Phi) is 6.71. The summed E-state index contributed by atoms with van der Waals surface area (Å²) in [6.45, 7) is 2.61. The topological polar surface area (TPSA) is 94.2 Å². The molecule has 1 fully saturated rings. The number of anilines is 1. The highest BCUT2D eigenvalue weighted by Crippen LogP contribution is 2.35. The second-order valence-electron chi connectivity index (χ2n) is 5.94. The van der Waals surface area contributed by atoms with Gasteiger partial charge in [0, 0.05) is 26.3 Å². The lowest BCUT2D eigenvalue weighted by atomic mass is 10.1. The van der Waals surface area contributed by atoms with E-state index in [2.05, 4.69) is 5.32 Å². The number of carbonyl (C=O) groups excluding carboxylic acids is 1. The maximum atomic E-state index is 12.7. The van der Waals surface area contributed by atoms with E-state index in [0.717, 1.165) is 17.1 Å². The van der Waals surface area contributed by atoms with Crippen molar-refractivity contribution >= 4 is 21.6 Å². The molecule has 1 aliphatic rings. The number of amides is 1. The Bertz CT molecular complexity index is 744. The van der Waals surface area contributed by atoms with Gasteiger partial charge in [0.15, 0.2) is 11.5 Å². The van der Waals surface area contributed by atoms with Crippen LogP contribution in [0.1, 0.15) is 30.1 Å². The summed E-state index contributed by atoms with van der Waals surface area (Å²) in [4.78, 5) is 12.7. The average molecular weight is 386 g/mol. The average Bonchev–Trinajstić information content (AvgIpc) is 3.17. The summed E-state index contributed by atoms with van der Waals surface area (Å²) in [7, 11) is 0.771. The third-order valence-corrected chi connectivity index (χ3v) is 6.14. The van der Waals surface area contributed by atoms with Crippen LogP contribution in [0.15, 0.2) is 12.1 Å². The predicted octanol–water partition coefficient (Wildman–Crippen LogP) is 1.40. The fourth-order valence-corrected chi connectivity index (χ4v) is 3.60. The zero-order valence-electron chi connectivity index (χ0n) is 15.6. The third-order valence-electron chi connectivity index (χ3n) is 4.38. The van der Waals surface area contributed by atoms with E-state index >= 15 is 0 Å². The number of ether oxygens (including phenoxy) is 3. The SMILES string of the molecule is CCS(=O)(=O)N(C)c1cc(OC)c(OC)cc1C(=O)NCC1CCCO1. The zero-order chi connectivity index (χ0) is 19.3. The molecule has 8 nitrogen and oxygen atoms in total. The number of hydrogen-bond donors (Lipinski definition) is 1. The number of rotatable bonds is 8. The molecule has 1 aromatic rings. The molecule has 1 saturated heterocycles. The van der Waals surface area contributed by atoms with Crippen molar-refractivity contribution in [2.24, 2.45) is 0 Å². The third kappa shape index (κ3) is 4.39. The second-order valence-corrected chi connectivity index (χ2v) is 8.23. The molecular formula is C17H26N2O6S. The fraction of sp³-hybridized carbons (Fsp3) is 0.588. The smallest absolute Gasteiger partial charge is 0.253 e. The van der Waals surface area contributed by atoms with Crippen molar-refractivity contribution in [3.8, 4) is 11.5 Å². The quantitative estimate of drug-likeness (QED) is 0.726. The predicted molar refractivity (Wildman–Crippen MR) is 98.7 cm³/mol. The molecule has 9 heteroatoms. The Morgan fingerprint density at radius 2 is 1.96 bits per heavy atom. The first kappa shape index (κ1) is 20.3. The van der Waals surface area contributed by atoms with E-state index in [0.29, 0.717) is 24.7 Å². The number of nitrogens with one attached hydrogen (secondary N) is 1. The van der Waals surface area contributed by atoms with Crippen LogP contribution < -0.4 is 19.1 Å². The molecule has 1 atom stereocenters. The van der Waals surface area contributed by atoms with Crippen LogP contribution in [0, 0.1) is 0 Å². The van der Waals surface area contributed by atoms with Gasteiger partial charge in [-0.1, -0.05) is 0 Å². The summed E-state index contributed by atoms with van der Waals surface area (Å²) >= 11 is 0. The van der Waals surface area contributed by atoms with Crippen LogP contribution in [0.2, 0.25) is 0 Å². The lowest BCUT2D eigenvalue weighted by Gasteiger charge is -2.23. The van der Waals surface area contributed by atoms with Gasteiger partial charge >= 0.3 is 0 Å². The van der Waals surface area contributed by atoms with Gasteiger partial charge in [-0.05, 0) is 25.8 Å². The summed E-state index contributed by atoms with van der Waals surface area (Å²) in [6.07, 6.45) is 1.85. The molecule has 0 bridgehead atoms.